The fourth-order valence-corrected chi connectivity index (χ4v) is 2.82. The van der Waals surface area contributed by atoms with Gasteiger partial charge < -0.3 is 5.32 Å². The highest BCUT2D eigenvalue weighted by atomic mass is 15.1. The number of nitrogens with one attached hydrogen (secondary N) is 1. The Balaban J connectivity index is 1.62. The number of rotatable bonds is 2. The molecule has 2 heteroatoms. The molecule has 0 saturated heterocycles. The molecule has 1 N–H and O–H groups in total. The van der Waals surface area contributed by atoms with Gasteiger partial charge in [-0.15, -0.1) is 0 Å². The number of fused-ring (bicyclic) bond motifs is 1. The Labute approximate surface area is 103 Å². The van der Waals surface area contributed by atoms with Gasteiger partial charge in [0.1, 0.15) is 0 Å². The highest BCUT2D eigenvalue weighted by Gasteiger charge is 2.19. The van der Waals surface area contributed by atoms with E-state index in [-0.39, 0.29) is 0 Å². The van der Waals surface area contributed by atoms with Crippen LogP contribution >= 0.6 is 0 Å². The number of nitrogens with zero attached hydrogens (tertiary/aromatic N) is 1. The Morgan fingerprint density at radius 3 is 2.88 bits per heavy atom. The van der Waals surface area contributed by atoms with Crippen LogP contribution in [0.1, 0.15) is 17.5 Å². The van der Waals surface area contributed by atoms with Crippen molar-refractivity contribution in [3.8, 4) is 0 Å². The molecule has 2 aliphatic heterocycles. The summed E-state index contributed by atoms with van der Waals surface area (Å²) in [6, 6.07) is 9.43. The zero-order valence-electron chi connectivity index (χ0n) is 10.2. The molecular formula is C15H20N2. The summed E-state index contributed by atoms with van der Waals surface area (Å²) in [6.45, 7) is 4.55. The second kappa shape index (κ2) is 5.03. The molecule has 0 aliphatic carbocycles. The van der Waals surface area contributed by atoms with Crippen LogP contribution in [-0.2, 0) is 13.0 Å². The second-order valence-electron chi connectivity index (χ2n) is 5.07. The predicted octanol–water partition coefficient (Wildman–Crippen LogP) is 1.96. The first kappa shape index (κ1) is 11.0. The molecule has 1 atom stereocenters. The number of benzene rings is 1. The van der Waals surface area contributed by atoms with Crippen LogP contribution in [0.3, 0.4) is 0 Å². The van der Waals surface area contributed by atoms with E-state index in [9.17, 15) is 0 Å². The topological polar surface area (TPSA) is 15.3 Å². The van der Waals surface area contributed by atoms with Crippen molar-refractivity contribution in [3.05, 3.63) is 47.5 Å². The van der Waals surface area contributed by atoms with E-state index in [1.54, 1.807) is 0 Å². The van der Waals surface area contributed by atoms with Gasteiger partial charge in [-0.3, -0.25) is 4.90 Å². The SMILES string of the molecule is C1=CCN(CC2Cc3ccccc3CN2)CC1. The predicted molar refractivity (Wildman–Crippen MR) is 71.0 cm³/mol. The van der Waals surface area contributed by atoms with Gasteiger partial charge in [-0.2, -0.15) is 0 Å². The van der Waals surface area contributed by atoms with Gasteiger partial charge in [-0.05, 0) is 24.0 Å². The zero-order valence-corrected chi connectivity index (χ0v) is 10.2. The summed E-state index contributed by atoms with van der Waals surface area (Å²) in [5, 5.41) is 3.66. The minimum atomic E-state index is 0.622. The molecule has 0 amide bonds. The third-order valence-electron chi connectivity index (χ3n) is 3.79. The summed E-state index contributed by atoms with van der Waals surface area (Å²) in [4.78, 5) is 2.55. The van der Waals surface area contributed by atoms with E-state index in [1.165, 1.54) is 37.1 Å². The van der Waals surface area contributed by atoms with Gasteiger partial charge in [0.15, 0.2) is 0 Å². The maximum Gasteiger partial charge on any atom is 0.0238 e. The largest absolute Gasteiger partial charge is 0.308 e. The molecule has 1 aromatic rings. The standard InChI is InChI=1S/C15H20N2/c1-4-8-17(9-5-1)12-15-10-13-6-2-3-7-14(13)11-16-15/h1-4,6-7,15-16H,5,8-12H2. The average Bonchev–Trinajstić information content (AvgIpc) is 2.40. The maximum absolute atomic E-state index is 3.66. The van der Waals surface area contributed by atoms with Crippen LogP contribution in [0.2, 0.25) is 0 Å². The summed E-state index contributed by atoms with van der Waals surface area (Å²) in [5.41, 5.74) is 3.01. The fraction of sp³-hybridized carbons (Fsp3) is 0.467. The average molecular weight is 228 g/mol. The molecule has 1 aromatic carbocycles. The molecular weight excluding hydrogens is 208 g/mol. The summed E-state index contributed by atoms with van der Waals surface area (Å²) in [5.74, 6) is 0. The molecule has 17 heavy (non-hydrogen) atoms. The molecule has 0 bridgehead atoms. The normalized spacial score (nSPS) is 24.6. The Bertz CT molecular complexity index is 411. The van der Waals surface area contributed by atoms with Crippen LogP contribution < -0.4 is 5.32 Å². The third kappa shape index (κ3) is 2.59. The summed E-state index contributed by atoms with van der Waals surface area (Å²) >= 11 is 0. The third-order valence-corrected chi connectivity index (χ3v) is 3.79. The molecule has 0 aromatic heterocycles. The first-order chi connectivity index (χ1) is 8.42. The summed E-state index contributed by atoms with van der Waals surface area (Å²) < 4.78 is 0. The lowest BCUT2D eigenvalue weighted by Gasteiger charge is -2.32. The van der Waals surface area contributed by atoms with Crippen molar-refractivity contribution in [2.24, 2.45) is 0 Å². The van der Waals surface area contributed by atoms with Crippen LogP contribution in [0.5, 0.6) is 0 Å². The second-order valence-corrected chi connectivity index (χ2v) is 5.07. The van der Waals surface area contributed by atoms with Gasteiger partial charge in [0, 0.05) is 32.2 Å². The fourth-order valence-electron chi connectivity index (χ4n) is 2.82. The van der Waals surface area contributed by atoms with E-state index in [0.717, 1.165) is 13.1 Å². The van der Waals surface area contributed by atoms with E-state index in [1.807, 2.05) is 0 Å². The van der Waals surface area contributed by atoms with Crippen molar-refractivity contribution in [1.82, 2.24) is 10.2 Å². The molecule has 0 fully saturated rings. The van der Waals surface area contributed by atoms with Crippen LogP contribution in [0, 0.1) is 0 Å². The lowest BCUT2D eigenvalue weighted by atomic mass is 9.95. The van der Waals surface area contributed by atoms with Crippen LogP contribution in [0.25, 0.3) is 0 Å². The van der Waals surface area contributed by atoms with Crippen molar-refractivity contribution >= 4 is 0 Å². The maximum atomic E-state index is 3.66. The summed E-state index contributed by atoms with van der Waals surface area (Å²) in [7, 11) is 0. The number of hydrogen-bond acceptors (Lipinski definition) is 2. The van der Waals surface area contributed by atoms with Crippen molar-refractivity contribution in [2.45, 2.75) is 25.4 Å². The van der Waals surface area contributed by atoms with E-state index in [0.29, 0.717) is 6.04 Å². The zero-order chi connectivity index (χ0) is 11.5. The van der Waals surface area contributed by atoms with Gasteiger partial charge in [-0.25, -0.2) is 0 Å². The first-order valence-electron chi connectivity index (χ1n) is 6.59. The van der Waals surface area contributed by atoms with Crippen molar-refractivity contribution in [2.75, 3.05) is 19.6 Å². The van der Waals surface area contributed by atoms with Crippen LogP contribution in [0.15, 0.2) is 36.4 Å². The first-order valence-corrected chi connectivity index (χ1v) is 6.59. The minimum Gasteiger partial charge on any atom is -0.308 e. The molecule has 90 valence electrons. The van der Waals surface area contributed by atoms with E-state index >= 15 is 0 Å². The minimum absolute atomic E-state index is 0.622. The van der Waals surface area contributed by atoms with Crippen LogP contribution in [0.4, 0.5) is 0 Å². The van der Waals surface area contributed by atoms with Crippen molar-refractivity contribution in [1.29, 1.82) is 0 Å². The monoisotopic (exact) mass is 228 g/mol. The van der Waals surface area contributed by atoms with Gasteiger partial charge in [0.2, 0.25) is 0 Å². The molecule has 2 heterocycles. The van der Waals surface area contributed by atoms with E-state index in [2.05, 4.69) is 46.6 Å². The molecule has 0 saturated carbocycles. The van der Waals surface area contributed by atoms with Crippen LogP contribution in [-0.4, -0.2) is 30.6 Å². The lowest BCUT2D eigenvalue weighted by molar-refractivity contribution is 0.254. The van der Waals surface area contributed by atoms with Gasteiger partial charge >= 0.3 is 0 Å². The molecule has 0 spiro atoms. The van der Waals surface area contributed by atoms with Crippen molar-refractivity contribution in [3.63, 3.8) is 0 Å². The van der Waals surface area contributed by atoms with Crippen molar-refractivity contribution < 1.29 is 0 Å². The van der Waals surface area contributed by atoms with Gasteiger partial charge in [0.25, 0.3) is 0 Å². The highest BCUT2D eigenvalue weighted by molar-refractivity contribution is 5.30. The van der Waals surface area contributed by atoms with Gasteiger partial charge in [0.05, 0.1) is 0 Å². The Morgan fingerprint density at radius 2 is 2.06 bits per heavy atom. The number of hydrogen-bond donors (Lipinski definition) is 1. The Morgan fingerprint density at radius 1 is 1.18 bits per heavy atom. The summed E-state index contributed by atoms with van der Waals surface area (Å²) in [6.07, 6.45) is 6.97. The van der Waals surface area contributed by atoms with Gasteiger partial charge in [-0.1, -0.05) is 36.4 Å². The lowest BCUT2D eigenvalue weighted by Crippen LogP contribution is -2.45. The Kier molecular flexibility index (Phi) is 3.25. The smallest absolute Gasteiger partial charge is 0.0238 e. The molecule has 1 unspecified atom stereocenters. The van der Waals surface area contributed by atoms with E-state index in [4.69, 9.17) is 0 Å². The molecule has 3 rings (SSSR count). The molecule has 2 aliphatic rings. The quantitative estimate of drug-likeness (QED) is 0.779. The van der Waals surface area contributed by atoms with E-state index < -0.39 is 0 Å². The Hall–Kier alpha value is -1.12. The molecule has 2 nitrogen and oxygen atoms in total. The highest BCUT2D eigenvalue weighted by Crippen LogP contribution is 2.17. The molecule has 0 radical (unpaired) electrons.